The number of amides is 1. The Hall–Kier alpha value is -1.69. The molecule has 2 N–H and O–H groups in total. The Kier molecular flexibility index (Phi) is 5.43. The van der Waals surface area contributed by atoms with Gasteiger partial charge in [-0.3, -0.25) is 4.79 Å². The van der Waals surface area contributed by atoms with Crippen molar-refractivity contribution >= 4 is 11.9 Å². The van der Waals surface area contributed by atoms with Gasteiger partial charge in [0.25, 0.3) is 0 Å². The molecule has 2 fully saturated rings. The van der Waals surface area contributed by atoms with Gasteiger partial charge in [0.2, 0.25) is 11.9 Å². The van der Waals surface area contributed by atoms with Crippen molar-refractivity contribution in [2.24, 2.45) is 5.92 Å². The molecule has 1 aliphatic carbocycles. The second-order valence-electron chi connectivity index (χ2n) is 6.73. The molecule has 0 spiro atoms. The lowest BCUT2D eigenvalue weighted by Gasteiger charge is -2.37. The number of β-amino-alcohol motifs (C(OH)–C–C–N with tert-alkyl or cyclic N) is 1. The molecule has 6 nitrogen and oxygen atoms in total. The van der Waals surface area contributed by atoms with Crippen LogP contribution < -0.4 is 5.32 Å². The van der Waals surface area contributed by atoms with Crippen LogP contribution in [-0.4, -0.2) is 51.1 Å². The van der Waals surface area contributed by atoms with Crippen molar-refractivity contribution in [3.8, 4) is 0 Å². The van der Waals surface area contributed by atoms with Gasteiger partial charge in [-0.05, 0) is 31.2 Å². The first kappa shape index (κ1) is 16.2. The van der Waals surface area contributed by atoms with Crippen LogP contribution in [-0.2, 0) is 4.79 Å². The Bertz CT molecular complexity index is 505. The highest BCUT2D eigenvalue weighted by Gasteiger charge is 2.31. The molecule has 6 heteroatoms. The Labute approximate surface area is 137 Å². The number of carbonyl (C=O) groups is 1. The normalized spacial score (nSPS) is 26.0. The molecule has 0 aromatic carbocycles. The number of aliphatic hydroxyl groups excluding tert-OH is 1. The first-order valence-corrected chi connectivity index (χ1v) is 8.72. The Morgan fingerprint density at radius 3 is 2.65 bits per heavy atom. The fourth-order valence-corrected chi connectivity index (χ4v) is 3.63. The van der Waals surface area contributed by atoms with Gasteiger partial charge >= 0.3 is 0 Å². The van der Waals surface area contributed by atoms with Crippen LogP contribution in [0.15, 0.2) is 18.5 Å². The summed E-state index contributed by atoms with van der Waals surface area (Å²) < 4.78 is 0. The van der Waals surface area contributed by atoms with Gasteiger partial charge in [-0.15, -0.1) is 0 Å². The van der Waals surface area contributed by atoms with E-state index in [4.69, 9.17) is 0 Å². The lowest BCUT2D eigenvalue weighted by molar-refractivity contribution is -0.135. The van der Waals surface area contributed by atoms with Crippen molar-refractivity contribution in [3.63, 3.8) is 0 Å². The summed E-state index contributed by atoms with van der Waals surface area (Å²) >= 11 is 0. The second kappa shape index (κ2) is 7.73. The lowest BCUT2D eigenvalue weighted by Crippen LogP contribution is -2.52. The third-order valence-electron chi connectivity index (χ3n) is 5.00. The largest absolute Gasteiger partial charge is 0.389 e. The zero-order valence-corrected chi connectivity index (χ0v) is 13.5. The molecule has 3 rings (SSSR count). The molecule has 1 aromatic heterocycles. The summed E-state index contributed by atoms with van der Waals surface area (Å²) in [5, 5.41) is 13.5. The summed E-state index contributed by atoms with van der Waals surface area (Å²) in [7, 11) is 0. The minimum absolute atomic E-state index is 0.101. The van der Waals surface area contributed by atoms with Crippen LogP contribution in [0.1, 0.15) is 44.9 Å². The summed E-state index contributed by atoms with van der Waals surface area (Å²) in [4.78, 5) is 22.5. The number of nitrogens with zero attached hydrogens (tertiary/aromatic N) is 3. The molecule has 2 atom stereocenters. The monoisotopic (exact) mass is 318 g/mol. The highest BCUT2D eigenvalue weighted by molar-refractivity contribution is 5.76. The number of hydrogen-bond acceptors (Lipinski definition) is 5. The van der Waals surface area contributed by atoms with E-state index in [2.05, 4.69) is 15.3 Å². The van der Waals surface area contributed by atoms with Gasteiger partial charge in [-0.25, -0.2) is 9.97 Å². The topological polar surface area (TPSA) is 78.4 Å². The van der Waals surface area contributed by atoms with Gasteiger partial charge in [0.1, 0.15) is 0 Å². The second-order valence-corrected chi connectivity index (χ2v) is 6.73. The average Bonchev–Trinajstić information content (AvgIpc) is 2.58. The summed E-state index contributed by atoms with van der Waals surface area (Å²) in [5.41, 5.74) is 0. The van der Waals surface area contributed by atoms with Crippen molar-refractivity contribution in [3.05, 3.63) is 18.5 Å². The third-order valence-corrected chi connectivity index (χ3v) is 5.00. The summed E-state index contributed by atoms with van der Waals surface area (Å²) in [6.45, 7) is 1.09. The van der Waals surface area contributed by atoms with E-state index in [9.17, 15) is 9.90 Å². The summed E-state index contributed by atoms with van der Waals surface area (Å²) in [5.74, 6) is 1.27. The van der Waals surface area contributed by atoms with Crippen molar-refractivity contribution < 1.29 is 9.90 Å². The van der Waals surface area contributed by atoms with E-state index in [-0.39, 0.29) is 11.9 Å². The summed E-state index contributed by atoms with van der Waals surface area (Å²) in [6, 6.07) is 1.66. The molecular weight excluding hydrogens is 292 g/mol. The molecule has 0 radical (unpaired) electrons. The average molecular weight is 318 g/mol. The molecule has 1 saturated heterocycles. The molecule has 2 aliphatic rings. The first-order valence-electron chi connectivity index (χ1n) is 8.72. The number of nitrogens with one attached hydrogen (secondary N) is 1. The number of piperidine rings is 1. The Morgan fingerprint density at radius 2 is 1.96 bits per heavy atom. The number of aliphatic hydroxyl groups is 1. The molecule has 1 saturated carbocycles. The maximum atomic E-state index is 12.4. The lowest BCUT2D eigenvalue weighted by atomic mass is 9.86. The van der Waals surface area contributed by atoms with Gasteiger partial charge < -0.3 is 15.3 Å². The molecule has 23 heavy (non-hydrogen) atoms. The van der Waals surface area contributed by atoms with Gasteiger partial charge in [0, 0.05) is 31.9 Å². The number of rotatable bonds is 4. The quantitative estimate of drug-likeness (QED) is 0.885. The van der Waals surface area contributed by atoms with Gasteiger partial charge in [0.15, 0.2) is 0 Å². The predicted molar refractivity (Wildman–Crippen MR) is 87.8 cm³/mol. The highest BCUT2D eigenvalue weighted by atomic mass is 16.3. The SMILES string of the molecule is O=C(CC1CCCCC1)N1CC[C@@H](Nc2ncccn2)[C@H](O)C1. The van der Waals surface area contributed by atoms with E-state index >= 15 is 0 Å². The first-order chi connectivity index (χ1) is 11.2. The number of anilines is 1. The van der Waals surface area contributed by atoms with Crippen molar-refractivity contribution in [1.29, 1.82) is 0 Å². The van der Waals surface area contributed by atoms with Crippen LogP contribution >= 0.6 is 0 Å². The van der Waals surface area contributed by atoms with Crippen molar-refractivity contribution in [2.45, 2.75) is 57.1 Å². The Balaban J connectivity index is 1.48. The summed E-state index contributed by atoms with van der Waals surface area (Å²) in [6.07, 6.45) is 10.3. The van der Waals surface area contributed by atoms with Crippen molar-refractivity contribution in [2.75, 3.05) is 18.4 Å². The van der Waals surface area contributed by atoms with Crippen LogP contribution in [0.3, 0.4) is 0 Å². The van der Waals surface area contributed by atoms with E-state index in [1.165, 1.54) is 32.1 Å². The predicted octanol–water partition coefficient (Wildman–Crippen LogP) is 1.82. The zero-order valence-electron chi connectivity index (χ0n) is 13.5. The minimum Gasteiger partial charge on any atom is -0.389 e. The third kappa shape index (κ3) is 4.41. The molecule has 1 aromatic rings. The Morgan fingerprint density at radius 1 is 1.22 bits per heavy atom. The minimum atomic E-state index is -0.581. The number of carbonyl (C=O) groups excluding carboxylic acids is 1. The van der Waals surface area contributed by atoms with Gasteiger partial charge in [-0.1, -0.05) is 19.3 Å². The van der Waals surface area contributed by atoms with E-state index in [0.717, 1.165) is 6.42 Å². The van der Waals surface area contributed by atoms with Crippen LogP contribution in [0.4, 0.5) is 5.95 Å². The fourth-order valence-electron chi connectivity index (χ4n) is 3.63. The van der Waals surface area contributed by atoms with Crippen LogP contribution in [0.25, 0.3) is 0 Å². The van der Waals surface area contributed by atoms with Gasteiger partial charge in [0.05, 0.1) is 12.1 Å². The molecule has 126 valence electrons. The maximum Gasteiger partial charge on any atom is 0.222 e. The van der Waals surface area contributed by atoms with Crippen molar-refractivity contribution in [1.82, 2.24) is 14.9 Å². The van der Waals surface area contributed by atoms with Crippen LogP contribution in [0.5, 0.6) is 0 Å². The standard InChI is InChI=1S/C17H26N4O2/c22-15-12-21(16(23)11-13-5-2-1-3-6-13)10-7-14(15)20-17-18-8-4-9-19-17/h4,8-9,13-15,22H,1-3,5-7,10-12H2,(H,18,19,20)/t14-,15-/m1/s1. The highest BCUT2D eigenvalue weighted by Crippen LogP contribution is 2.27. The van der Waals surface area contributed by atoms with Crippen LogP contribution in [0.2, 0.25) is 0 Å². The molecule has 1 amide bonds. The van der Waals surface area contributed by atoms with E-state index in [1.807, 2.05) is 4.90 Å². The zero-order chi connectivity index (χ0) is 16.1. The molecular formula is C17H26N4O2. The number of likely N-dealkylation sites (tertiary alicyclic amines) is 1. The molecule has 0 unspecified atom stereocenters. The van der Waals surface area contributed by atoms with E-state index in [1.54, 1.807) is 18.5 Å². The smallest absolute Gasteiger partial charge is 0.222 e. The fraction of sp³-hybridized carbons (Fsp3) is 0.706. The molecule has 0 bridgehead atoms. The van der Waals surface area contributed by atoms with E-state index in [0.29, 0.717) is 31.4 Å². The van der Waals surface area contributed by atoms with Gasteiger partial charge in [-0.2, -0.15) is 0 Å². The maximum absolute atomic E-state index is 12.4. The molecule has 2 heterocycles. The molecule has 1 aliphatic heterocycles. The number of aromatic nitrogens is 2. The van der Waals surface area contributed by atoms with E-state index < -0.39 is 6.10 Å². The van der Waals surface area contributed by atoms with Crippen LogP contribution in [0, 0.1) is 5.92 Å². The number of hydrogen-bond donors (Lipinski definition) is 2.